The van der Waals surface area contributed by atoms with Gasteiger partial charge in [-0.2, -0.15) is 0 Å². The highest BCUT2D eigenvalue weighted by atomic mass is 79.9. The molecule has 6 heteroatoms. The molecule has 0 N–H and O–H groups in total. The molecule has 1 aromatic heterocycles. The summed E-state index contributed by atoms with van der Waals surface area (Å²) in [4.78, 5) is 22.1. The van der Waals surface area contributed by atoms with Crippen LogP contribution in [-0.4, -0.2) is 43.0 Å². The van der Waals surface area contributed by atoms with Crippen LogP contribution in [0.2, 0.25) is 0 Å². The molecule has 0 aliphatic carbocycles. The highest BCUT2D eigenvalue weighted by molar-refractivity contribution is 9.10. The summed E-state index contributed by atoms with van der Waals surface area (Å²) in [7, 11) is 4.09. The summed E-state index contributed by atoms with van der Waals surface area (Å²) in [5.74, 6) is -0.0107. The summed E-state index contributed by atoms with van der Waals surface area (Å²) >= 11 is 5.05. The molecule has 0 unspecified atom stereocenters. The third-order valence-corrected chi connectivity index (χ3v) is 6.15. The standard InChI is InChI=1S/C21H24BrN3OS/c1-14-9-10-18-19(15(14)2)23-21(27-18)25(12-6-11-24(3)4)20(26)16-7-5-8-17(22)13-16/h5,7-10,13H,6,11-12H2,1-4H3. The maximum absolute atomic E-state index is 13.3. The van der Waals surface area contributed by atoms with Crippen LogP contribution >= 0.6 is 27.3 Å². The lowest BCUT2D eigenvalue weighted by Gasteiger charge is -2.21. The molecule has 0 atom stereocenters. The molecular formula is C21H24BrN3OS. The number of hydrogen-bond acceptors (Lipinski definition) is 4. The lowest BCUT2D eigenvalue weighted by Crippen LogP contribution is -2.33. The second kappa shape index (κ2) is 8.50. The number of hydrogen-bond donors (Lipinski definition) is 0. The van der Waals surface area contributed by atoms with Crippen molar-refractivity contribution in [2.24, 2.45) is 0 Å². The predicted octanol–water partition coefficient (Wildman–Crippen LogP) is 5.27. The molecule has 2 aromatic carbocycles. The molecule has 1 amide bonds. The average molecular weight is 446 g/mol. The zero-order chi connectivity index (χ0) is 19.6. The van der Waals surface area contributed by atoms with Gasteiger partial charge in [0.15, 0.2) is 5.13 Å². The van der Waals surface area contributed by atoms with Gasteiger partial charge in [-0.3, -0.25) is 9.69 Å². The number of rotatable bonds is 6. The van der Waals surface area contributed by atoms with E-state index in [-0.39, 0.29) is 5.91 Å². The van der Waals surface area contributed by atoms with E-state index in [0.717, 1.165) is 32.8 Å². The van der Waals surface area contributed by atoms with Gasteiger partial charge in [-0.15, -0.1) is 0 Å². The van der Waals surface area contributed by atoms with Crippen LogP contribution in [0.25, 0.3) is 10.2 Å². The minimum atomic E-state index is -0.0107. The predicted molar refractivity (Wildman–Crippen MR) is 118 cm³/mol. The molecular weight excluding hydrogens is 422 g/mol. The van der Waals surface area contributed by atoms with E-state index in [2.05, 4.69) is 46.8 Å². The van der Waals surface area contributed by atoms with Crippen LogP contribution in [0.4, 0.5) is 5.13 Å². The van der Waals surface area contributed by atoms with E-state index in [1.807, 2.05) is 43.3 Å². The molecule has 27 heavy (non-hydrogen) atoms. The second-order valence-corrected chi connectivity index (χ2v) is 8.90. The molecule has 0 saturated carbocycles. The first-order chi connectivity index (χ1) is 12.9. The first-order valence-corrected chi connectivity index (χ1v) is 10.6. The summed E-state index contributed by atoms with van der Waals surface area (Å²) in [6.07, 6.45) is 0.890. The Kier molecular flexibility index (Phi) is 6.29. The Morgan fingerprint density at radius 2 is 1.93 bits per heavy atom. The topological polar surface area (TPSA) is 36.4 Å². The highest BCUT2D eigenvalue weighted by Gasteiger charge is 2.22. The van der Waals surface area contributed by atoms with Crippen molar-refractivity contribution in [1.29, 1.82) is 0 Å². The molecule has 0 saturated heterocycles. The normalized spacial score (nSPS) is 11.3. The molecule has 142 valence electrons. The maximum Gasteiger partial charge on any atom is 0.260 e. The molecule has 0 fully saturated rings. The fourth-order valence-corrected chi connectivity index (χ4v) is 4.38. The molecule has 0 spiro atoms. The molecule has 0 aliphatic rings. The zero-order valence-electron chi connectivity index (χ0n) is 16.1. The second-order valence-electron chi connectivity index (χ2n) is 6.97. The van der Waals surface area contributed by atoms with E-state index in [1.165, 1.54) is 11.1 Å². The first kappa shape index (κ1) is 20.0. The Balaban J connectivity index is 1.98. The van der Waals surface area contributed by atoms with Crippen molar-refractivity contribution in [2.75, 3.05) is 32.1 Å². The van der Waals surface area contributed by atoms with Crippen LogP contribution in [0, 0.1) is 13.8 Å². The van der Waals surface area contributed by atoms with Gasteiger partial charge in [-0.05, 0) is 76.3 Å². The summed E-state index contributed by atoms with van der Waals surface area (Å²) in [5, 5.41) is 0.766. The lowest BCUT2D eigenvalue weighted by atomic mass is 10.1. The van der Waals surface area contributed by atoms with Gasteiger partial charge in [0.1, 0.15) is 0 Å². The third kappa shape index (κ3) is 4.57. The summed E-state index contributed by atoms with van der Waals surface area (Å²) in [6, 6.07) is 11.8. The van der Waals surface area contributed by atoms with E-state index in [0.29, 0.717) is 12.1 Å². The Bertz CT molecular complexity index is 967. The smallest absolute Gasteiger partial charge is 0.260 e. The molecule has 0 radical (unpaired) electrons. The molecule has 0 aliphatic heterocycles. The SMILES string of the molecule is Cc1ccc2sc(N(CCCN(C)C)C(=O)c3cccc(Br)c3)nc2c1C. The number of amides is 1. The van der Waals surface area contributed by atoms with Crippen LogP contribution in [0.3, 0.4) is 0 Å². The summed E-state index contributed by atoms with van der Waals surface area (Å²) in [6.45, 7) is 5.75. The van der Waals surface area contributed by atoms with Crippen molar-refractivity contribution in [3.8, 4) is 0 Å². The van der Waals surface area contributed by atoms with E-state index in [4.69, 9.17) is 4.98 Å². The van der Waals surface area contributed by atoms with Crippen LogP contribution in [0.1, 0.15) is 27.9 Å². The Hall–Kier alpha value is -1.76. The number of benzene rings is 2. The molecule has 4 nitrogen and oxygen atoms in total. The van der Waals surface area contributed by atoms with Crippen LogP contribution in [0.5, 0.6) is 0 Å². The number of anilines is 1. The van der Waals surface area contributed by atoms with Gasteiger partial charge in [0.25, 0.3) is 5.91 Å². The van der Waals surface area contributed by atoms with Crippen molar-refractivity contribution < 1.29 is 4.79 Å². The summed E-state index contributed by atoms with van der Waals surface area (Å²) in [5.41, 5.74) is 4.06. The molecule has 1 heterocycles. The van der Waals surface area contributed by atoms with Gasteiger partial charge in [0.05, 0.1) is 10.2 Å². The van der Waals surface area contributed by atoms with Crippen LogP contribution in [-0.2, 0) is 0 Å². The number of nitrogens with zero attached hydrogens (tertiary/aromatic N) is 3. The van der Waals surface area contributed by atoms with Crippen molar-refractivity contribution in [1.82, 2.24) is 9.88 Å². The van der Waals surface area contributed by atoms with Crippen molar-refractivity contribution >= 4 is 48.5 Å². The highest BCUT2D eigenvalue weighted by Crippen LogP contribution is 2.33. The largest absolute Gasteiger partial charge is 0.309 e. The number of fused-ring (bicyclic) bond motifs is 1. The van der Waals surface area contributed by atoms with Gasteiger partial charge in [-0.1, -0.05) is 39.4 Å². The number of aromatic nitrogens is 1. The summed E-state index contributed by atoms with van der Waals surface area (Å²) < 4.78 is 2.02. The number of aryl methyl sites for hydroxylation is 2. The number of thiazole rings is 1. The van der Waals surface area contributed by atoms with Crippen LogP contribution < -0.4 is 4.90 Å². The minimum Gasteiger partial charge on any atom is -0.309 e. The Labute approximate surface area is 172 Å². The van der Waals surface area contributed by atoms with Gasteiger partial charge < -0.3 is 4.90 Å². The lowest BCUT2D eigenvalue weighted by molar-refractivity contribution is 0.0986. The molecule has 3 aromatic rings. The Morgan fingerprint density at radius 3 is 2.63 bits per heavy atom. The fraction of sp³-hybridized carbons (Fsp3) is 0.333. The van der Waals surface area contributed by atoms with Crippen molar-refractivity contribution in [2.45, 2.75) is 20.3 Å². The van der Waals surface area contributed by atoms with Gasteiger partial charge in [-0.25, -0.2) is 4.98 Å². The van der Waals surface area contributed by atoms with E-state index in [1.54, 1.807) is 11.3 Å². The minimum absolute atomic E-state index is 0.0107. The van der Waals surface area contributed by atoms with Gasteiger partial charge in [0.2, 0.25) is 0 Å². The number of carbonyl (C=O) groups is 1. The van der Waals surface area contributed by atoms with E-state index >= 15 is 0 Å². The van der Waals surface area contributed by atoms with Crippen LogP contribution in [0.15, 0.2) is 40.9 Å². The first-order valence-electron chi connectivity index (χ1n) is 8.95. The Morgan fingerprint density at radius 1 is 1.15 bits per heavy atom. The average Bonchev–Trinajstić information content (AvgIpc) is 3.06. The van der Waals surface area contributed by atoms with Crippen molar-refractivity contribution in [3.63, 3.8) is 0 Å². The zero-order valence-corrected chi connectivity index (χ0v) is 18.5. The number of carbonyl (C=O) groups excluding carboxylic acids is 1. The van der Waals surface area contributed by atoms with Crippen molar-refractivity contribution in [3.05, 3.63) is 57.6 Å². The number of halogens is 1. The van der Waals surface area contributed by atoms with Gasteiger partial charge >= 0.3 is 0 Å². The van der Waals surface area contributed by atoms with Gasteiger partial charge in [0, 0.05) is 16.6 Å². The quantitative estimate of drug-likeness (QED) is 0.517. The molecule has 3 rings (SSSR count). The van der Waals surface area contributed by atoms with E-state index in [9.17, 15) is 4.79 Å². The van der Waals surface area contributed by atoms with E-state index < -0.39 is 0 Å². The third-order valence-electron chi connectivity index (χ3n) is 4.61. The molecule has 0 bridgehead atoms. The maximum atomic E-state index is 13.3. The fourth-order valence-electron chi connectivity index (χ4n) is 2.94. The monoisotopic (exact) mass is 445 g/mol.